The number of benzene rings is 3. The number of amides is 1. The third-order valence-electron chi connectivity index (χ3n) is 7.15. The quantitative estimate of drug-likeness (QED) is 0.366. The van der Waals surface area contributed by atoms with E-state index in [0.29, 0.717) is 11.8 Å². The minimum Gasteiger partial charge on any atom is -0.378 e. The van der Waals surface area contributed by atoms with Crippen LogP contribution in [0, 0.1) is 5.92 Å². The Balaban J connectivity index is 1.45. The number of anilines is 2. The Morgan fingerprint density at radius 3 is 2.75 bits per heavy atom. The van der Waals surface area contributed by atoms with Crippen molar-refractivity contribution in [1.29, 1.82) is 0 Å². The number of aromatic nitrogens is 1. The van der Waals surface area contributed by atoms with Crippen LogP contribution in [0.5, 0.6) is 0 Å². The van der Waals surface area contributed by atoms with Gasteiger partial charge in [-0.25, -0.2) is 0 Å². The topological polar surface area (TPSA) is 46.1 Å². The summed E-state index contributed by atoms with van der Waals surface area (Å²) >= 11 is 0. The van der Waals surface area contributed by atoms with Gasteiger partial charge in [0.2, 0.25) is 5.91 Å². The molecule has 1 aliphatic heterocycles. The van der Waals surface area contributed by atoms with Crippen molar-refractivity contribution >= 4 is 39.1 Å². The maximum absolute atomic E-state index is 11.5. The van der Waals surface area contributed by atoms with Crippen LogP contribution in [-0.2, 0) is 11.3 Å². The van der Waals surface area contributed by atoms with Gasteiger partial charge >= 0.3 is 0 Å². The molecule has 160 valence electrons. The second-order valence-corrected chi connectivity index (χ2v) is 9.00. The van der Waals surface area contributed by atoms with Crippen molar-refractivity contribution in [1.82, 2.24) is 4.57 Å². The van der Waals surface area contributed by atoms with Crippen molar-refractivity contribution in [2.24, 2.45) is 5.92 Å². The zero-order chi connectivity index (χ0) is 21.8. The summed E-state index contributed by atoms with van der Waals surface area (Å²) in [7, 11) is 0. The van der Waals surface area contributed by atoms with Gasteiger partial charge in [0.15, 0.2) is 0 Å². The monoisotopic (exact) mass is 421 g/mol. The minimum atomic E-state index is -0.0374. The molecule has 32 heavy (non-hydrogen) atoms. The number of allylic oxidation sites excluding steroid dienone is 2. The molecule has 0 saturated heterocycles. The van der Waals surface area contributed by atoms with E-state index in [-0.39, 0.29) is 11.9 Å². The molecule has 1 amide bonds. The number of hydrogen-bond acceptors (Lipinski definition) is 2. The van der Waals surface area contributed by atoms with E-state index in [1.165, 1.54) is 32.9 Å². The van der Waals surface area contributed by atoms with Crippen LogP contribution < -0.4 is 10.6 Å². The van der Waals surface area contributed by atoms with Crippen LogP contribution in [0.4, 0.5) is 11.4 Å². The van der Waals surface area contributed by atoms with Crippen LogP contribution in [0.1, 0.15) is 43.4 Å². The van der Waals surface area contributed by atoms with Crippen molar-refractivity contribution in [2.75, 3.05) is 10.6 Å². The minimum absolute atomic E-state index is 0.0374. The summed E-state index contributed by atoms with van der Waals surface area (Å²) in [6.45, 7) is 4.73. The average Bonchev–Trinajstić information content (AvgIpc) is 3.41. The lowest BCUT2D eigenvalue weighted by Crippen LogP contribution is -2.29. The van der Waals surface area contributed by atoms with Crippen molar-refractivity contribution in [3.8, 4) is 0 Å². The molecule has 1 aliphatic carbocycles. The van der Waals surface area contributed by atoms with Gasteiger partial charge in [-0.15, -0.1) is 0 Å². The van der Waals surface area contributed by atoms with E-state index in [0.717, 1.165) is 24.3 Å². The van der Waals surface area contributed by atoms with Crippen LogP contribution in [0.2, 0.25) is 0 Å². The lowest BCUT2D eigenvalue weighted by atomic mass is 9.76. The first-order chi connectivity index (χ1) is 15.6. The molecule has 4 aromatic rings. The summed E-state index contributed by atoms with van der Waals surface area (Å²) in [5, 5.41) is 9.42. The van der Waals surface area contributed by atoms with Crippen LogP contribution >= 0.6 is 0 Å². The number of rotatable bonds is 3. The van der Waals surface area contributed by atoms with E-state index in [9.17, 15) is 4.79 Å². The number of carbonyl (C=O) groups excluding carboxylic acids is 1. The van der Waals surface area contributed by atoms with Gasteiger partial charge in [0.05, 0.1) is 6.04 Å². The fourth-order valence-corrected chi connectivity index (χ4v) is 5.81. The fraction of sp³-hybridized carbons (Fsp3) is 0.250. The summed E-state index contributed by atoms with van der Waals surface area (Å²) in [6.07, 6.45) is 5.71. The van der Waals surface area contributed by atoms with Gasteiger partial charge < -0.3 is 15.2 Å². The maximum Gasteiger partial charge on any atom is 0.221 e. The molecule has 0 radical (unpaired) electrons. The zero-order valence-electron chi connectivity index (χ0n) is 18.4. The first kappa shape index (κ1) is 19.2. The van der Waals surface area contributed by atoms with Crippen molar-refractivity contribution in [2.45, 2.75) is 38.8 Å². The number of carbonyl (C=O) groups is 1. The van der Waals surface area contributed by atoms with E-state index < -0.39 is 0 Å². The van der Waals surface area contributed by atoms with Gasteiger partial charge in [-0.1, -0.05) is 36.4 Å². The molecule has 0 bridgehead atoms. The summed E-state index contributed by atoms with van der Waals surface area (Å²) < 4.78 is 2.40. The van der Waals surface area contributed by atoms with Gasteiger partial charge in [0, 0.05) is 52.6 Å². The number of nitrogens with zero attached hydrogens (tertiary/aromatic N) is 1. The maximum atomic E-state index is 11.5. The Bertz CT molecular complexity index is 1400. The van der Waals surface area contributed by atoms with Crippen molar-refractivity contribution in [3.05, 3.63) is 83.9 Å². The molecule has 6 rings (SSSR count). The molecule has 2 N–H and O–H groups in total. The summed E-state index contributed by atoms with van der Waals surface area (Å²) in [5.74, 6) is 0.786. The Morgan fingerprint density at radius 2 is 1.91 bits per heavy atom. The predicted octanol–water partition coefficient (Wildman–Crippen LogP) is 6.60. The van der Waals surface area contributed by atoms with E-state index in [2.05, 4.69) is 88.9 Å². The van der Waals surface area contributed by atoms with Crippen molar-refractivity contribution in [3.63, 3.8) is 0 Å². The lowest BCUT2D eigenvalue weighted by molar-refractivity contribution is -0.114. The fourth-order valence-electron chi connectivity index (χ4n) is 5.81. The van der Waals surface area contributed by atoms with Crippen LogP contribution in [0.15, 0.2) is 72.8 Å². The SMILES string of the molecule is CCn1c2ccccc2c2cc(C3Nc4ccc(NC(C)=O)cc4C4C=CCC43)ccc21. The summed E-state index contributed by atoms with van der Waals surface area (Å²) in [4.78, 5) is 11.5. The normalized spacial score (nSPS) is 21.4. The number of nitrogens with one attached hydrogen (secondary N) is 2. The summed E-state index contributed by atoms with van der Waals surface area (Å²) in [6, 6.07) is 22.2. The average molecular weight is 422 g/mol. The largest absolute Gasteiger partial charge is 0.378 e. The van der Waals surface area contributed by atoms with Gasteiger partial charge in [0.25, 0.3) is 0 Å². The van der Waals surface area contributed by atoms with Crippen LogP contribution in [0.3, 0.4) is 0 Å². The van der Waals surface area contributed by atoms with Gasteiger partial charge in [0.1, 0.15) is 0 Å². The molecule has 3 aromatic carbocycles. The number of para-hydroxylation sites is 1. The molecule has 2 aliphatic rings. The Kier molecular flexibility index (Phi) is 4.35. The molecule has 0 fully saturated rings. The second-order valence-electron chi connectivity index (χ2n) is 9.00. The van der Waals surface area contributed by atoms with Gasteiger partial charge in [-0.3, -0.25) is 4.79 Å². The van der Waals surface area contributed by atoms with Gasteiger partial charge in [-0.05, 0) is 66.8 Å². The highest BCUT2D eigenvalue weighted by Crippen LogP contribution is 2.50. The lowest BCUT2D eigenvalue weighted by Gasteiger charge is -2.37. The highest BCUT2D eigenvalue weighted by Gasteiger charge is 2.38. The second kappa shape index (κ2) is 7.27. The highest BCUT2D eigenvalue weighted by atomic mass is 16.1. The van der Waals surface area contributed by atoms with Crippen LogP contribution in [-0.4, -0.2) is 10.5 Å². The predicted molar refractivity (Wildman–Crippen MR) is 132 cm³/mol. The first-order valence-corrected chi connectivity index (χ1v) is 11.5. The number of hydrogen-bond donors (Lipinski definition) is 2. The smallest absolute Gasteiger partial charge is 0.221 e. The standard InChI is InChI=1S/C28H27N3O/c1-3-31-26-10-5-4-7-21(26)24-15-18(11-14-27(24)31)28-22-9-6-8-20(22)23-16-19(29-17(2)32)12-13-25(23)30-28/h4-8,10-16,20,22,28,30H,3,9H2,1-2H3,(H,29,32). The molecule has 1 aromatic heterocycles. The van der Waals surface area contributed by atoms with E-state index in [4.69, 9.17) is 0 Å². The molecule has 4 heteroatoms. The molecule has 0 saturated carbocycles. The number of fused-ring (bicyclic) bond motifs is 6. The van der Waals surface area contributed by atoms with E-state index in [1.807, 2.05) is 6.07 Å². The van der Waals surface area contributed by atoms with E-state index >= 15 is 0 Å². The summed E-state index contributed by atoms with van der Waals surface area (Å²) in [5.41, 5.74) is 7.24. The zero-order valence-corrected chi connectivity index (χ0v) is 18.4. The van der Waals surface area contributed by atoms with Crippen molar-refractivity contribution < 1.29 is 4.79 Å². The molecular formula is C28H27N3O. The first-order valence-electron chi connectivity index (χ1n) is 11.5. The van der Waals surface area contributed by atoms with Crippen LogP contribution in [0.25, 0.3) is 21.8 Å². The Morgan fingerprint density at radius 1 is 1.06 bits per heavy atom. The third-order valence-corrected chi connectivity index (χ3v) is 7.15. The molecule has 0 spiro atoms. The Hall–Kier alpha value is -3.53. The number of aryl methyl sites for hydroxylation is 1. The van der Waals surface area contributed by atoms with E-state index in [1.54, 1.807) is 6.92 Å². The highest BCUT2D eigenvalue weighted by molar-refractivity contribution is 6.08. The Labute approximate surface area is 187 Å². The molecule has 4 nitrogen and oxygen atoms in total. The third kappa shape index (κ3) is 2.86. The molecule has 3 atom stereocenters. The molecule has 3 unspecified atom stereocenters. The molecule has 2 heterocycles. The molecular weight excluding hydrogens is 394 g/mol. The van der Waals surface area contributed by atoms with Gasteiger partial charge in [-0.2, -0.15) is 0 Å².